The molecule has 0 aliphatic carbocycles. The molecule has 0 spiro atoms. The Morgan fingerprint density at radius 3 is 2.86 bits per heavy atom. The van der Waals surface area contributed by atoms with Gasteiger partial charge in [0.15, 0.2) is 0 Å². The van der Waals surface area contributed by atoms with E-state index >= 15 is 0 Å². The zero-order valence-electron chi connectivity index (χ0n) is 11.8. The molecule has 2 aromatic rings. The van der Waals surface area contributed by atoms with Gasteiger partial charge in [-0.3, -0.25) is 0 Å². The molecule has 6 heteroatoms. The van der Waals surface area contributed by atoms with Gasteiger partial charge in [-0.15, -0.1) is 0 Å². The van der Waals surface area contributed by atoms with Crippen LogP contribution in [0.2, 0.25) is 0 Å². The lowest BCUT2D eigenvalue weighted by Gasteiger charge is -2.16. The number of rotatable bonds is 8. The molecule has 0 aliphatic heterocycles. The minimum absolute atomic E-state index is 0.0347. The second-order valence-corrected chi connectivity index (χ2v) is 4.75. The third-order valence-corrected chi connectivity index (χ3v) is 3.28. The van der Waals surface area contributed by atoms with Crippen LogP contribution in [-0.4, -0.2) is 42.5 Å². The van der Waals surface area contributed by atoms with E-state index in [9.17, 15) is 9.90 Å². The third kappa shape index (κ3) is 3.60. The lowest BCUT2D eigenvalue weighted by Crippen LogP contribution is -2.33. The normalized spacial score (nSPS) is 12.7. The Kier molecular flexibility index (Phi) is 5.32. The number of hydrogen-bond acceptors (Lipinski definition) is 5. The Hall–Kier alpha value is -1.89. The van der Waals surface area contributed by atoms with Gasteiger partial charge >= 0.3 is 5.97 Å². The first-order valence-electron chi connectivity index (χ1n) is 6.74. The molecule has 0 amide bonds. The molecule has 0 fully saturated rings. The quantitative estimate of drug-likeness (QED) is 0.685. The van der Waals surface area contributed by atoms with E-state index in [4.69, 9.17) is 14.3 Å². The molecule has 6 nitrogen and oxygen atoms in total. The van der Waals surface area contributed by atoms with Crippen molar-refractivity contribution in [1.29, 1.82) is 0 Å². The summed E-state index contributed by atoms with van der Waals surface area (Å²) in [6.07, 6.45) is 0.524. The van der Waals surface area contributed by atoms with Gasteiger partial charge < -0.3 is 24.7 Å². The smallest absolute Gasteiger partial charge is 0.339 e. The Bertz CT molecular complexity index is 601. The number of fused-ring (bicyclic) bond motifs is 1. The molecule has 1 aromatic carbocycles. The van der Waals surface area contributed by atoms with E-state index < -0.39 is 5.97 Å². The lowest BCUT2D eigenvalue weighted by atomic mass is 10.1. The van der Waals surface area contributed by atoms with E-state index in [1.165, 1.54) is 0 Å². The van der Waals surface area contributed by atoms with E-state index in [-0.39, 0.29) is 24.8 Å². The highest BCUT2D eigenvalue weighted by molar-refractivity contribution is 6.03. The van der Waals surface area contributed by atoms with Crippen molar-refractivity contribution in [3.63, 3.8) is 0 Å². The number of aliphatic hydroxyl groups is 1. The minimum Gasteiger partial charge on any atom is -0.478 e. The number of aromatic carboxylic acids is 1. The van der Waals surface area contributed by atoms with Crippen LogP contribution in [0.5, 0.6) is 0 Å². The number of methoxy groups -OCH3 is 1. The number of para-hydroxylation sites is 1. The second-order valence-electron chi connectivity index (χ2n) is 4.75. The SMILES string of the molecule is COCC(CCO)NCc1oc2ccccc2c1C(=O)O. The van der Waals surface area contributed by atoms with Crippen LogP contribution < -0.4 is 5.32 Å². The number of nitrogens with one attached hydrogen (secondary N) is 1. The molecule has 1 aromatic heterocycles. The molecular formula is C15H19NO5. The van der Waals surface area contributed by atoms with Crippen molar-refractivity contribution in [2.24, 2.45) is 0 Å². The van der Waals surface area contributed by atoms with Crippen LogP contribution >= 0.6 is 0 Å². The molecule has 0 bridgehead atoms. The summed E-state index contributed by atoms with van der Waals surface area (Å²) >= 11 is 0. The van der Waals surface area contributed by atoms with Gasteiger partial charge in [0.1, 0.15) is 16.9 Å². The van der Waals surface area contributed by atoms with Crippen molar-refractivity contribution in [3.05, 3.63) is 35.6 Å². The summed E-state index contributed by atoms with van der Waals surface area (Å²) in [6.45, 7) is 0.737. The molecule has 1 unspecified atom stereocenters. The molecule has 3 N–H and O–H groups in total. The predicted molar refractivity (Wildman–Crippen MR) is 77.4 cm³/mol. The van der Waals surface area contributed by atoms with Gasteiger partial charge in [0.25, 0.3) is 0 Å². The summed E-state index contributed by atoms with van der Waals surface area (Å²) in [7, 11) is 1.58. The maximum atomic E-state index is 11.4. The van der Waals surface area contributed by atoms with Gasteiger partial charge in [0, 0.05) is 25.1 Å². The van der Waals surface area contributed by atoms with Gasteiger partial charge in [-0.2, -0.15) is 0 Å². The molecule has 0 saturated carbocycles. The summed E-state index contributed by atoms with van der Waals surface area (Å²) in [5, 5.41) is 22.1. The van der Waals surface area contributed by atoms with Crippen LogP contribution in [0, 0.1) is 0 Å². The van der Waals surface area contributed by atoms with Gasteiger partial charge in [-0.1, -0.05) is 18.2 Å². The number of ether oxygens (including phenoxy) is 1. The van der Waals surface area contributed by atoms with Crippen molar-refractivity contribution < 1.29 is 24.2 Å². The zero-order chi connectivity index (χ0) is 15.2. The third-order valence-electron chi connectivity index (χ3n) is 3.28. The number of furan rings is 1. The first kappa shape index (κ1) is 15.5. The average molecular weight is 293 g/mol. The fraction of sp³-hybridized carbons (Fsp3) is 0.400. The maximum Gasteiger partial charge on any atom is 0.339 e. The Labute approximate surface area is 122 Å². The van der Waals surface area contributed by atoms with Crippen LogP contribution in [0.15, 0.2) is 28.7 Å². The van der Waals surface area contributed by atoms with Crippen LogP contribution in [0.3, 0.4) is 0 Å². The van der Waals surface area contributed by atoms with Crippen LogP contribution in [-0.2, 0) is 11.3 Å². The highest BCUT2D eigenvalue weighted by Crippen LogP contribution is 2.25. The molecule has 1 atom stereocenters. The molecule has 0 saturated heterocycles. The van der Waals surface area contributed by atoms with Crippen molar-refractivity contribution in [2.45, 2.75) is 19.0 Å². The van der Waals surface area contributed by atoms with Crippen molar-refractivity contribution in [1.82, 2.24) is 5.32 Å². The molecule has 114 valence electrons. The molecule has 1 heterocycles. The monoisotopic (exact) mass is 293 g/mol. The second kappa shape index (κ2) is 7.21. The summed E-state index contributed by atoms with van der Waals surface area (Å²) < 4.78 is 10.7. The summed E-state index contributed by atoms with van der Waals surface area (Å²) in [5.74, 6) is -0.634. The highest BCUT2D eigenvalue weighted by Gasteiger charge is 2.20. The van der Waals surface area contributed by atoms with E-state index in [1.54, 1.807) is 31.4 Å². The number of hydrogen-bond donors (Lipinski definition) is 3. The molecular weight excluding hydrogens is 274 g/mol. The summed E-state index contributed by atoms with van der Waals surface area (Å²) in [5.41, 5.74) is 0.732. The highest BCUT2D eigenvalue weighted by atomic mass is 16.5. The first-order chi connectivity index (χ1) is 10.2. The predicted octanol–water partition coefficient (Wildman–Crippen LogP) is 1.62. The first-order valence-corrected chi connectivity index (χ1v) is 6.74. The summed E-state index contributed by atoms with van der Waals surface area (Å²) in [4.78, 5) is 11.4. The molecule has 0 radical (unpaired) electrons. The largest absolute Gasteiger partial charge is 0.478 e. The fourth-order valence-corrected chi connectivity index (χ4v) is 2.29. The Morgan fingerprint density at radius 2 is 2.19 bits per heavy atom. The van der Waals surface area contributed by atoms with E-state index in [0.717, 1.165) is 0 Å². The average Bonchev–Trinajstić information content (AvgIpc) is 2.83. The number of benzene rings is 1. The number of carboxylic acids is 1. The van der Waals surface area contributed by atoms with Crippen LogP contribution in [0.25, 0.3) is 11.0 Å². The summed E-state index contributed by atoms with van der Waals surface area (Å²) in [6, 6.07) is 6.99. The van der Waals surface area contributed by atoms with Crippen molar-refractivity contribution in [2.75, 3.05) is 20.3 Å². The van der Waals surface area contributed by atoms with Crippen molar-refractivity contribution >= 4 is 16.9 Å². The Morgan fingerprint density at radius 1 is 1.43 bits per heavy atom. The molecule has 21 heavy (non-hydrogen) atoms. The number of carboxylic acid groups (broad SMARTS) is 1. The number of carbonyl (C=O) groups is 1. The lowest BCUT2D eigenvalue weighted by molar-refractivity contribution is 0.0695. The van der Waals surface area contributed by atoms with Crippen LogP contribution in [0.4, 0.5) is 0 Å². The van der Waals surface area contributed by atoms with Gasteiger partial charge in [0.05, 0.1) is 13.2 Å². The van der Waals surface area contributed by atoms with Gasteiger partial charge in [-0.05, 0) is 12.5 Å². The van der Waals surface area contributed by atoms with Crippen LogP contribution in [0.1, 0.15) is 22.5 Å². The standard InChI is InChI=1S/C15H19NO5/c1-20-9-10(6-7-17)16-8-13-14(15(18)19)11-4-2-3-5-12(11)21-13/h2-5,10,16-17H,6-9H2,1H3,(H,18,19). The van der Waals surface area contributed by atoms with Gasteiger partial charge in [0.2, 0.25) is 0 Å². The topological polar surface area (TPSA) is 91.9 Å². The van der Waals surface area contributed by atoms with E-state index in [0.29, 0.717) is 29.8 Å². The zero-order valence-corrected chi connectivity index (χ0v) is 11.8. The van der Waals surface area contributed by atoms with E-state index in [1.807, 2.05) is 0 Å². The fourth-order valence-electron chi connectivity index (χ4n) is 2.29. The maximum absolute atomic E-state index is 11.4. The molecule has 2 rings (SSSR count). The van der Waals surface area contributed by atoms with Crippen molar-refractivity contribution in [3.8, 4) is 0 Å². The van der Waals surface area contributed by atoms with E-state index in [2.05, 4.69) is 5.32 Å². The Balaban J connectivity index is 2.21. The number of aliphatic hydroxyl groups excluding tert-OH is 1. The minimum atomic E-state index is -1.01. The van der Waals surface area contributed by atoms with Gasteiger partial charge in [-0.25, -0.2) is 4.79 Å². The molecule has 0 aliphatic rings.